The van der Waals surface area contributed by atoms with Gasteiger partial charge in [-0.25, -0.2) is 14.3 Å². The lowest BCUT2D eigenvalue weighted by Crippen LogP contribution is -2.41. The van der Waals surface area contributed by atoms with Gasteiger partial charge in [-0.1, -0.05) is 36.2 Å². The van der Waals surface area contributed by atoms with E-state index in [1.54, 1.807) is 24.3 Å². The molecule has 0 unspecified atom stereocenters. The van der Waals surface area contributed by atoms with E-state index >= 15 is 0 Å². The molecule has 168 valence electrons. The molecule has 0 radical (unpaired) electrons. The number of benzene rings is 1. The fraction of sp³-hybridized carbons (Fsp3) is 0.458. The molecule has 2 aromatic heterocycles. The molecule has 32 heavy (non-hydrogen) atoms. The van der Waals surface area contributed by atoms with E-state index in [0.717, 1.165) is 43.0 Å². The molecule has 0 bridgehead atoms. The number of ether oxygens (including phenoxy) is 2. The van der Waals surface area contributed by atoms with Crippen LogP contribution in [0, 0.1) is 0 Å². The normalized spacial score (nSPS) is 20.5. The third kappa shape index (κ3) is 4.88. The quantitative estimate of drug-likeness (QED) is 0.571. The van der Waals surface area contributed by atoms with Crippen molar-refractivity contribution >= 4 is 23.0 Å². The average Bonchev–Trinajstić information content (AvgIpc) is 2.88. The van der Waals surface area contributed by atoms with Crippen molar-refractivity contribution in [3.05, 3.63) is 48.3 Å². The summed E-state index contributed by atoms with van der Waals surface area (Å²) in [7, 11) is 0. The van der Waals surface area contributed by atoms with Crippen molar-refractivity contribution in [3.8, 4) is 17.1 Å². The van der Waals surface area contributed by atoms with Crippen LogP contribution >= 0.6 is 11.9 Å². The van der Waals surface area contributed by atoms with Crippen molar-refractivity contribution in [2.24, 2.45) is 0 Å². The van der Waals surface area contributed by atoms with Gasteiger partial charge in [-0.05, 0) is 49.7 Å². The lowest BCUT2D eigenvalue weighted by molar-refractivity contribution is -0.0228. The first-order valence-electron chi connectivity index (χ1n) is 11.3. The van der Waals surface area contributed by atoms with Gasteiger partial charge in [0.25, 0.3) is 0 Å². The molecule has 8 heteroatoms. The van der Waals surface area contributed by atoms with Gasteiger partial charge in [0, 0.05) is 31.0 Å². The van der Waals surface area contributed by atoms with Gasteiger partial charge in [-0.2, -0.15) is 0 Å². The minimum atomic E-state index is 0.0117. The lowest BCUT2D eigenvalue weighted by Gasteiger charge is -2.30. The van der Waals surface area contributed by atoms with Gasteiger partial charge in [0.1, 0.15) is 12.7 Å². The molecule has 5 rings (SSSR count). The number of nitrogens with zero attached hydrogens (tertiary/aromatic N) is 4. The molecule has 0 spiro atoms. The highest BCUT2D eigenvalue weighted by Gasteiger charge is 2.22. The number of hydrogen-bond acceptors (Lipinski definition) is 8. The van der Waals surface area contributed by atoms with Crippen LogP contribution in [-0.2, 0) is 4.74 Å². The molecule has 2 fully saturated rings. The predicted octanol–water partition coefficient (Wildman–Crippen LogP) is 3.52. The van der Waals surface area contributed by atoms with Crippen molar-refractivity contribution in [3.63, 3.8) is 0 Å². The summed E-state index contributed by atoms with van der Waals surface area (Å²) in [4.78, 5) is 13.8. The maximum atomic E-state index is 6.15. The predicted molar refractivity (Wildman–Crippen MR) is 128 cm³/mol. The second kappa shape index (κ2) is 10.1. The number of pyridine rings is 1. The number of nitrogens with one attached hydrogen (secondary N) is 1. The summed E-state index contributed by atoms with van der Waals surface area (Å²) in [5.74, 6) is 1.15. The van der Waals surface area contributed by atoms with E-state index in [0.29, 0.717) is 30.5 Å². The number of morpholine rings is 1. The van der Waals surface area contributed by atoms with Crippen molar-refractivity contribution < 1.29 is 9.47 Å². The zero-order valence-corrected chi connectivity index (χ0v) is 19.2. The first kappa shape index (κ1) is 21.6. The molecule has 7 nitrogen and oxygen atoms in total. The molecular weight excluding hydrogens is 422 g/mol. The molecule has 2 aliphatic heterocycles. The third-order valence-corrected chi connectivity index (χ3v) is 7.06. The van der Waals surface area contributed by atoms with E-state index in [1.807, 2.05) is 6.07 Å². The summed E-state index contributed by atoms with van der Waals surface area (Å²) in [5.41, 5.74) is 4.77. The minimum absolute atomic E-state index is 0.0117. The van der Waals surface area contributed by atoms with E-state index < -0.39 is 0 Å². The van der Waals surface area contributed by atoms with E-state index in [9.17, 15) is 0 Å². The Morgan fingerprint density at radius 2 is 1.97 bits per heavy atom. The zero-order valence-electron chi connectivity index (χ0n) is 18.4. The van der Waals surface area contributed by atoms with E-state index in [2.05, 4.69) is 50.1 Å². The molecule has 0 amide bonds. The van der Waals surface area contributed by atoms with Gasteiger partial charge in [0.2, 0.25) is 5.88 Å². The van der Waals surface area contributed by atoms with Gasteiger partial charge in [0.05, 0.1) is 17.8 Å². The second-order valence-corrected chi connectivity index (χ2v) is 9.14. The van der Waals surface area contributed by atoms with Gasteiger partial charge in [-0.3, -0.25) is 4.98 Å². The Kier molecular flexibility index (Phi) is 6.83. The topological polar surface area (TPSA) is 72.4 Å². The number of hydrogen-bond donors (Lipinski definition) is 1. The summed E-state index contributed by atoms with van der Waals surface area (Å²) < 4.78 is 14.3. The van der Waals surface area contributed by atoms with Gasteiger partial charge in [-0.15, -0.1) is 0 Å². The molecule has 1 atom stereocenters. The molecular formula is C24H29N5O2S. The molecule has 2 aliphatic rings. The Morgan fingerprint density at radius 3 is 2.78 bits per heavy atom. The first-order valence-corrected chi connectivity index (χ1v) is 12.4. The second-order valence-electron chi connectivity index (χ2n) is 8.26. The maximum absolute atomic E-state index is 6.15. The Hall–Kier alpha value is -2.26. The molecule has 1 N–H and O–H groups in total. The van der Waals surface area contributed by atoms with Crippen LogP contribution in [0.4, 0.5) is 0 Å². The first-order chi connectivity index (χ1) is 15.8. The van der Waals surface area contributed by atoms with Crippen LogP contribution in [-0.4, -0.2) is 71.0 Å². The summed E-state index contributed by atoms with van der Waals surface area (Å²) in [6.45, 7) is 5.12. The van der Waals surface area contributed by atoms with Crippen LogP contribution in [0.15, 0.2) is 42.7 Å². The molecule has 0 aliphatic carbocycles. The Bertz CT molecular complexity index is 1040. The summed E-state index contributed by atoms with van der Waals surface area (Å²) in [6.07, 6.45) is 7.87. The third-order valence-electron chi connectivity index (χ3n) is 6.21. The molecule has 1 aromatic carbocycles. The van der Waals surface area contributed by atoms with Gasteiger partial charge >= 0.3 is 0 Å². The van der Waals surface area contributed by atoms with E-state index in [4.69, 9.17) is 14.5 Å². The summed E-state index contributed by atoms with van der Waals surface area (Å²) in [5, 5.41) is 3.44. The van der Waals surface area contributed by atoms with Gasteiger partial charge < -0.3 is 14.8 Å². The van der Waals surface area contributed by atoms with Crippen molar-refractivity contribution in [2.45, 2.75) is 24.9 Å². The average molecular weight is 452 g/mol. The van der Waals surface area contributed by atoms with E-state index in [-0.39, 0.29) is 6.10 Å². The maximum Gasteiger partial charge on any atom is 0.242 e. The standard InChI is InChI=1S/C24H29N5O2S/c1-32-29-12-13-30-20(15-29)16-31-24-23-22(26-10-11-27-23)14-21(28-24)19-4-2-17(3-5-19)18-6-8-25-9-7-18/h2-5,10-11,14,18,20,25H,6-9,12-13,15-16H2,1H3/t20-/m0/s1. The highest BCUT2D eigenvalue weighted by molar-refractivity contribution is 7.96. The number of piperidine rings is 1. The molecule has 4 heterocycles. The monoisotopic (exact) mass is 451 g/mol. The largest absolute Gasteiger partial charge is 0.473 e. The smallest absolute Gasteiger partial charge is 0.242 e. The number of aromatic nitrogens is 3. The van der Waals surface area contributed by atoms with Crippen molar-refractivity contribution in [1.29, 1.82) is 0 Å². The van der Waals surface area contributed by atoms with Crippen LogP contribution in [0.2, 0.25) is 0 Å². The molecule has 3 aromatic rings. The zero-order chi connectivity index (χ0) is 21.8. The molecule has 0 saturated carbocycles. The number of fused-ring (bicyclic) bond motifs is 1. The van der Waals surface area contributed by atoms with Crippen LogP contribution < -0.4 is 10.1 Å². The summed E-state index contributed by atoms with van der Waals surface area (Å²) in [6, 6.07) is 10.8. The van der Waals surface area contributed by atoms with Crippen LogP contribution in [0.3, 0.4) is 0 Å². The van der Waals surface area contributed by atoms with E-state index in [1.165, 1.54) is 18.4 Å². The highest BCUT2D eigenvalue weighted by Crippen LogP contribution is 2.30. The Morgan fingerprint density at radius 1 is 1.16 bits per heavy atom. The van der Waals surface area contributed by atoms with Gasteiger partial charge in [0.15, 0.2) is 5.52 Å². The Balaban J connectivity index is 1.38. The fourth-order valence-corrected chi connectivity index (χ4v) is 4.98. The minimum Gasteiger partial charge on any atom is -0.473 e. The van der Waals surface area contributed by atoms with Crippen LogP contribution in [0.25, 0.3) is 22.3 Å². The SMILES string of the molecule is CSN1CCO[C@H](COc2nc(-c3ccc(C4CCNCC4)cc3)cc3nccnc23)C1. The molecule has 2 saturated heterocycles. The summed E-state index contributed by atoms with van der Waals surface area (Å²) >= 11 is 1.74. The van der Waals surface area contributed by atoms with Crippen molar-refractivity contribution in [1.82, 2.24) is 24.6 Å². The highest BCUT2D eigenvalue weighted by atomic mass is 32.2. The lowest BCUT2D eigenvalue weighted by atomic mass is 9.89. The van der Waals surface area contributed by atoms with Crippen LogP contribution in [0.5, 0.6) is 5.88 Å². The fourth-order valence-electron chi connectivity index (χ4n) is 4.40. The number of rotatable bonds is 6. The Labute approximate surface area is 193 Å². The van der Waals surface area contributed by atoms with Crippen LogP contribution in [0.1, 0.15) is 24.3 Å². The van der Waals surface area contributed by atoms with Crippen molar-refractivity contribution in [2.75, 3.05) is 45.6 Å².